The van der Waals surface area contributed by atoms with Crippen molar-refractivity contribution in [3.05, 3.63) is 30.1 Å². The zero-order chi connectivity index (χ0) is 6.53. The molecule has 0 atom stereocenters. The number of hydrogen-bond acceptors (Lipinski definition) is 3. The van der Waals surface area contributed by atoms with Crippen LogP contribution in [-0.2, 0) is 5.75 Å². The van der Waals surface area contributed by atoms with E-state index in [1.54, 1.807) is 6.20 Å². The van der Waals surface area contributed by atoms with Crippen LogP contribution in [-0.4, -0.2) is 4.98 Å². The SMILES string of the molecule is NSCc1cccnc1. The number of aromatic nitrogens is 1. The van der Waals surface area contributed by atoms with Crippen molar-refractivity contribution in [2.45, 2.75) is 5.75 Å². The first-order chi connectivity index (χ1) is 4.43. The molecule has 1 heterocycles. The van der Waals surface area contributed by atoms with Gasteiger partial charge in [0.25, 0.3) is 0 Å². The van der Waals surface area contributed by atoms with Gasteiger partial charge in [-0.15, -0.1) is 0 Å². The molecule has 0 saturated heterocycles. The topological polar surface area (TPSA) is 38.9 Å². The summed E-state index contributed by atoms with van der Waals surface area (Å²) in [6.45, 7) is 0. The van der Waals surface area contributed by atoms with Gasteiger partial charge in [0.1, 0.15) is 0 Å². The van der Waals surface area contributed by atoms with Crippen molar-refractivity contribution in [1.82, 2.24) is 4.98 Å². The van der Waals surface area contributed by atoms with Gasteiger partial charge >= 0.3 is 0 Å². The van der Waals surface area contributed by atoms with Crippen LogP contribution in [0.5, 0.6) is 0 Å². The fourth-order valence-corrected chi connectivity index (χ4v) is 0.943. The van der Waals surface area contributed by atoms with Crippen molar-refractivity contribution < 1.29 is 0 Å². The molecule has 0 aliphatic heterocycles. The Hall–Kier alpha value is -0.540. The maximum Gasteiger partial charge on any atom is 0.0343 e. The highest BCUT2D eigenvalue weighted by atomic mass is 32.2. The smallest absolute Gasteiger partial charge is 0.0343 e. The van der Waals surface area contributed by atoms with Crippen LogP contribution in [0.3, 0.4) is 0 Å². The van der Waals surface area contributed by atoms with Crippen molar-refractivity contribution in [3.63, 3.8) is 0 Å². The van der Waals surface area contributed by atoms with Gasteiger partial charge in [0, 0.05) is 18.1 Å². The highest BCUT2D eigenvalue weighted by molar-refractivity contribution is 7.96. The minimum Gasteiger partial charge on any atom is -0.278 e. The van der Waals surface area contributed by atoms with Crippen LogP contribution in [0, 0.1) is 0 Å². The maximum absolute atomic E-state index is 5.25. The minimum absolute atomic E-state index is 0.841. The van der Waals surface area contributed by atoms with Crippen LogP contribution in [0.1, 0.15) is 5.56 Å². The summed E-state index contributed by atoms with van der Waals surface area (Å²) < 4.78 is 0. The fraction of sp³-hybridized carbons (Fsp3) is 0.167. The number of rotatable bonds is 2. The standard InChI is InChI=1S/C6H8N2S/c7-9-5-6-2-1-3-8-4-6/h1-4H,5,7H2. The van der Waals surface area contributed by atoms with Gasteiger partial charge < -0.3 is 0 Å². The van der Waals surface area contributed by atoms with Gasteiger partial charge in [0.2, 0.25) is 0 Å². The van der Waals surface area contributed by atoms with Gasteiger partial charge in [-0.3, -0.25) is 10.1 Å². The van der Waals surface area contributed by atoms with Crippen LogP contribution in [0.2, 0.25) is 0 Å². The molecule has 0 unspecified atom stereocenters. The average molecular weight is 140 g/mol. The van der Waals surface area contributed by atoms with Crippen LogP contribution >= 0.6 is 11.9 Å². The predicted octanol–water partition coefficient (Wildman–Crippen LogP) is 1.19. The number of nitrogens with zero attached hydrogens (tertiary/aromatic N) is 1. The fourth-order valence-electron chi connectivity index (χ4n) is 0.580. The van der Waals surface area contributed by atoms with E-state index in [0.717, 1.165) is 5.75 Å². The maximum atomic E-state index is 5.25. The molecule has 9 heavy (non-hydrogen) atoms. The van der Waals surface area contributed by atoms with E-state index in [1.165, 1.54) is 17.5 Å². The zero-order valence-electron chi connectivity index (χ0n) is 4.95. The lowest BCUT2D eigenvalue weighted by Crippen LogP contribution is -1.84. The van der Waals surface area contributed by atoms with Gasteiger partial charge in [0.05, 0.1) is 0 Å². The lowest BCUT2D eigenvalue weighted by Gasteiger charge is -1.92. The summed E-state index contributed by atoms with van der Waals surface area (Å²) in [5.41, 5.74) is 1.17. The van der Waals surface area contributed by atoms with Gasteiger partial charge in [0.15, 0.2) is 0 Å². The van der Waals surface area contributed by atoms with E-state index < -0.39 is 0 Å². The monoisotopic (exact) mass is 140 g/mol. The summed E-state index contributed by atoms with van der Waals surface area (Å²) in [5.74, 6) is 0.841. The number of hydrogen-bond donors (Lipinski definition) is 1. The van der Waals surface area contributed by atoms with E-state index in [2.05, 4.69) is 4.98 Å². The number of nitrogens with two attached hydrogens (primary N) is 1. The molecule has 2 nitrogen and oxygen atoms in total. The summed E-state index contributed by atoms with van der Waals surface area (Å²) in [6.07, 6.45) is 3.57. The average Bonchev–Trinajstić information content (AvgIpc) is 1.91. The largest absolute Gasteiger partial charge is 0.278 e. The van der Waals surface area contributed by atoms with Gasteiger partial charge in [-0.25, -0.2) is 0 Å². The second kappa shape index (κ2) is 3.48. The van der Waals surface area contributed by atoms with E-state index in [9.17, 15) is 0 Å². The molecular formula is C6H8N2S. The molecule has 0 amide bonds. The Labute approximate surface area is 58.6 Å². The van der Waals surface area contributed by atoms with E-state index in [-0.39, 0.29) is 0 Å². The molecule has 1 rings (SSSR count). The first kappa shape index (κ1) is 6.58. The van der Waals surface area contributed by atoms with E-state index >= 15 is 0 Å². The quantitative estimate of drug-likeness (QED) is 0.627. The summed E-state index contributed by atoms with van der Waals surface area (Å²) >= 11 is 1.31. The third-order valence-corrected chi connectivity index (χ3v) is 1.47. The normalized spacial score (nSPS) is 9.44. The molecule has 2 N–H and O–H groups in total. The second-order valence-electron chi connectivity index (χ2n) is 1.67. The number of pyridine rings is 1. The Bertz CT molecular complexity index is 164. The van der Waals surface area contributed by atoms with Crippen molar-refractivity contribution in [2.75, 3.05) is 0 Å². The molecule has 1 aromatic heterocycles. The Morgan fingerprint density at radius 2 is 2.56 bits per heavy atom. The Morgan fingerprint density at radius 1 is 1.67 bits per heavy atom. The summed E-state index contributed by atoms with van der Waals surface area (Å²) in [5, 5.41) is 5.25. The predicted molar refractivity (Wildman–Crippen MR) is 39.7 cm³/mol. The van der Waals surface area contributed by atoms with Gasteiger partial charge in [-0.05, 0) is 11.6 Å². The third-order valence-electron chi connectivity index (χ3n) is 0.973. The van der Waals surface area contributed by atoms with Crippen LogP contribution in [0.4, 0.5) is 0 Å². The van der Waals surface area contributed by atoms with Crippen LogP contribution in [0.25, 0.3) is 0 Å². The van der Waals surface area contributed by atoms with E-state index in [1.807, 2.05) is 18.3 Å². The molecule has 0 aliphatic carbocycles. The summed E-state index contributed by atoms with van der Waals surface area (Å²) in [7, 11) is 0. The second-order valence-corrected chi connectivity index (χ2v) is 2.29. The van der Waals surface area contributed by atoms with Crippen molar-refractivity contribution in [3.8, 4) is 0 Å². The minimum atomic E-state index is 0.841. The molecule has 3 heteroatoms. The van der Waals surface area contributed by atoms with E-state index in [0.29, 0.717) is 0 Å². The zero-order valence-corrected chi connectivity index (χ0v) is 5.77. The molecule has 1 aromatic rings. The molecule has 0 bridgehead atoms. The molecule has 0 radical (unpaired) electrons. The highest BCUT2D eigenvalue weighted by Crippen LogP contribution is 2.02. The highest BCUT2D eigenvalue weighted by Gasteiger charge is 1.86. The molecule has 0 fully saturated rings. The summed E-state index contributed by atoms with van der Waals surface area (Å²) in [6, 6.07) is 3.92. The lowest BCUT2D eigenvalue weighted by molar-refractivity contribution is 1.25. The van der Waals surface area contributed by atoms with Gasteiger partial charge in [-0.1, -0.05) is 18.0 Å². The molecular weight excluding hydrogens is 132 g/mol. The van der Waals surface area contributed by atoms with Crippen molar-refractivity contribution >= 4 is 11.9 Å². The van der Waals surface area contributed by atoms with Crippen molar-refractivity contribution in [2.24, 2.45) is 5.14 Å². The third kappa shape index (κ3) is 2.03. The summed E-state index contributed by atoms with van der Waals surface area (Å²) in [4.78, 5) is 3.93. The molecule has 0 aliphatic rings. The Kier molecular flexibility index (Phi) is 2.54. The van der Waals surface area contributed by atoms with Crippen LogP contribution in [0.15, 0.2) is 24.5 Å². The van der Waals surface area contributed by atoms with Gasteiger partial charge in [-0.2, -0.15) is 0 Å². The van der Waals surface area contributed by atoms with E-state index in [4.69, 9.17) is 5.14 Å². The van der Waals surface area contributed by atoms with Crippen molar-refractivity contribution in [1.29, 1.82) is 0 Å². The van der Waals surface area contributed by atoms with Crippen LogP contribution < -0.4 is 5.14 Å². The molecule has 0 saturated carbocycles. The molecule has 0 spiro atoms. The molecule has 0 aromatic carbocycles. The first-order valence-electron chi connectivity index (χ1n) is 2.64. The lowest BCUT2D eigenvalue weighted by atomic mass is 10.3. The Balaban J connectivity index is 2.61. The molecule has 48 valence electrons. The Morgan fingerprint density at radius 3 is 3.11 bits per heavy atom. The first-order valence-corrected chi connectivity index (χ1v) is 3.69.